The summed E-state index contributed by atoms with van der Waals surface area (Å²) in [5, 5.41) is 3.15. The monoisotopic (exact) mass is 608 g/mol. The Bertz CT molecular complexity index is 1620. The van der Waals surface area contributed by atoms with Gasteiger partial charge in [-0.05, 0) is 29.8 Å². The van der Waals surface area contributed by atoms with Crippen LogP contribution in [-0.4, -0.2) is 25.6 Å². The lowest BCUT2D eigenvalue weighted by atomic mass is 10.1. The zero-order valence-electron chi connectivity index (χ0n) is 21.0. The number of carbonyl (C=O) groups is 1. The Morgan fingerprint density at radius 1 is 0.900 bits per heavy atom. The van der Waals surface area contributed by atoms with Crippen molar-refractivity contribution in [2.75, 3.05) is 6.26 Å². The molecule has 3 aromatic carbocycles. The highest BCUT2D eigenvalue weighted by Gasteiger charge is 2.44. The van der Waals surface area contributed by atoms with Crippen LogP contribution >= 0.6 is 23.2 Å². The van der Waals surface area contributed by atoms with E-state index in [1.807, 2.05) is 0 Å². The minimum absolute atomic E-state index is 0.0493. The van der Waals surface area contributed by atoms with Crippen molar-refractivity contribution in [2.45, 2.75) is 19.3 Å². The Balaban J connectivity index is 1.66. The van der Waals surface area contributed by atoms with Gasteiger partial charge in [0.1, 0.15) is 12.2 Å². The number of nitrogens with zero attached hydrogens (tertiary/aromatic N) is 2. The highest BCUT2D eigenvalue weighted by Crippen LogP contribution is 2.42. The number of hydrogen-bond donors (Lipinski definition) is 1. The maximum Gasteiger partial charge on any atom is 0.433 e. The summed E-state index contributed by atoms with van der Waals surface area (Å²) in [6.07, 6.45) is -2.39. The number of halogens is 5. The Labute approximate surface area is 239 Å². The number of alkyl halides is 3. The second-order valence-electron chi connectivity index (χ2n) is 8.96. The largest absolute Gasteiger partial charge is 0.433 e. The molecule has 4 rings (SSSR count). The fraction of sp³-hybridized carbons (Fsp3) is 0.143. The molecule has 12 heteroatoms. The predicted octanol–water partition coefficient (Wildman–Crippen LogP) is 7.14. The third kappa shape index (κ3) is 6.15. The second kappa shape index (κ2) is 11.6. The molecule has 0 saturated carbocycles. The van der Waals surface area contributed by atoms with E-state index < -0.39 is 31.7 Å². The highest BCUT2D eigenvalue weighted by atomic mass is 35.5. The minimum atomic E-state index is -4.55. The van der Waals surface area contributed by atoms with Gasteiger partial charge in [0.05, 0.1) is 16.3 Å². The van der Waals surface area contributed by atoms with Crippen LogP contribution in [0.4, 0.5) is 24.5 Å². The van der Waals surface area contributed by atoms with Crippen molar-refractivity contribution in [3.05, 3.63) is 124 Å². The normalized spacial score (nSPS) is 13.4. The number of rotatable bonds is 8. The summed E-state index contributed by atoms with van der Waals surface area (Å²) in [5.74, 6) is -0.499. The lowest BCUT2D eigenvalue weighted by molar-refractivity contribution is -0.141. The number of nitrogens with one attached hydrogen (secondary N) is 1. The topological polar surface area (TPSA) is 76.1 Å². The first-order chi connectivity index (χ1) is 18.8. The van der Waals surface area contributed by atoms with E-state index in [2.05, 4.69) is 10.3 Å². The molecule has 40 heavy (non-hydrogen) atoms. The number of benzene rings is 3. The van der Waals surface area contributed by atoms with Crippen molar-refractivity contribution >= 4 is 50.5 Å². The number of carbonyl (C=O) groups excluding carboxylic acids is 1. The van der Waals surface area contributed by atoms with Gasteiger partial charge in [0.15, 0.2) is 11.4 Å². The molecule has 1 heterocycles. The number of sulfonamides is 1. The molecular formula is C28H23Cl2F3N3O3S+. The maximum atomic E-state index is 13.6. The Hall–Kier alpha value is -3.44. The van der Waals surface area contributed by atoms with Crippen LogP contribution in [0.5, 0.6) is 0 Å². The van der Waals surface area contributed by atoms with Crippen molar-refractivity contribution < 1.29 is 26.4 Å². The number of hydrogen-bond acceptors (Lipinski definition) is 4. The molecule has 0 saturated heterocycles. The summed E-state index contributed by atoms with van der Waals surface area (Å²) < 4.78 is 64.7. The van der Waals surface area contributed by atoms with Gasteiger partial charge in [-0.15, -0.1) is 0 Å². The number of quaternary nitrogens is 1. The second-order valence-corrected chi connectivity index (χ2v) is 11.8. The molecule has 1 unspecified atom stereocenters. The first-order valence-corrected chi connectivity index (χ1v) is 14.4. The van der Waals surface area contributed by atoms with Crippen LogP contribution in [-0.2, 0) is 29.3 Å². The summed E-state index contributed by atoms with van der Waals surface area (Å²) >= 11 is 12.7. The van der Waals surface area contributed by atoms with Gasteiger partial charge in [0.2, 0.25) is 0 Å². The van der Waals surface area contributed by atoms with E-state index in [0.717, 1.165) is 18.5 Å². The van der Waals surface area contributed by atoms with E-state index >= 15 is 0 Å². The molecule has 0 aliphatic rings. The first kappa shape index (κ1) is 29.5. The van der Waals surface area contributed by atoms with Crippen molar-refractivity contribution in [3.8, 4) is 0 Å². The van der Waals surface area contributed by atoms with Crippen molar-refractivity contribution in [1.82, 2.24) is 14.2 Å². The fourth-order valence-corrected chi connectivity index (χ4v) is 6.01. The average Bonchev–Trinajstić information content (AvgIpc) is 2.92. The summed E-state index contributed by atoms with van der Waals surface area (Å²) in [6.45, 7) is -0.124. The molecule has 0 aliphatic carbocycles. The van der Waals surface area contributed by atoms with Gasteiger partial charge < -0.3 is 5.32 Å². The van der Waals surface area contributed by atoms with Crippen LogP contribution in [0.15, 0.2) is 91.1 Å². The van der Waals surface area contributed by atoms with E-state index in [9.17, 15) is 26.4 Å². The van der Waals surface area contributed by atoms with E-state index in [-0.39, 0.29) is 28.7 Å². The fourth-order valence-electron chi connectivity index (χ4n) is 4.25. The summed E-state index contributed by atoms with van der Waals surface area (Å²) in [6, 6.07) is 21.7. The van der Waals surface area contributed by atoms with Gasteiger partial charge >= 0.3 is 16.2 Å². The molecule has 6 nitrogen and oxygen atoms in total. The van der Waals surface area contributed by atoms with Crippen molar-refractivity contribution in [3.63, 3.8) is 0 Å². The van der Waals surface area contributed by atoms with E-state index in [1.165, 1.54) is 18.2 Å². The molecule has 0 aliphatic heterocycles. The number of aromatic nitrogens is 1. The standard InChI is InChI=1S/C28H22Cl2F3N3O3S/c1-40(38,39)36(22-7-3-2-4-8-22,18-21-6-5-9-24(29)26(21)30)23-13-11-20(12-14-23)27(37)35-17-19-10-15-25(34-16-19)28(31,32)33/h2-16H,17-18H2,1H3/p+1. The summed E-state index contributed by atoms with van der Waals surface area (Å²) in [4.78, 5) is 16.2. The number of pyridine rings is 1. The Morgan fingerprint density at radius 3 is 2.12 bits per heavy atom. The molecule has 1 atom stereocenters. The predicted molar refractivity (Wildman–Crippen MR) is 150 cm³/mol. The lowest BCUT2D eigenvalue weighted by Crippen LogP contribution is -2.48. The van der Waals surface area contributed by atoms with E-state index in [4.69, 9.17) is 23.2 Å². The van der Waals surface area contributed by atoms with E-state index in [1.54, 1.807) is 60.7 Å². The average molecular weight is 609 g/mol. The van der Waals surface area contributed by atoms with Crippen molar-refractivity contribution in [1.29, 1.82) is 0 Å². The number of amides is 1. The molecule has 1 amide bonds. The van der Waals surface area contributed by atoms with Gasteiger partial charge in [0, 0.05) is 48.1 Å². The van der Waals surface area contributed by atoms with Crippen molar-refractivity contribution in [2.24, 2.45) is 0 Å². The Kier molecular flexibility index (Phi) is 8.55. The molecule has 0 bridgehead atoms. The van der Waals surface area contributed by atoms with Gasteiger partial charge in [-0.2, -0.15) is 25.5 Å². The molecular weight excluding hydrogens is 586 g/mol. The molecule has 4 aromatic rings. The van der Waals surface area contributed by atoms with Gasteiger partial charge in [-0.3, -0.25) is 9.78 Å². The molecule has 0 fully saturated rings. The molecule has 1 aromatic heterocycles. The van der Waals surface area contributed by atoms with Crippen LogP contribution in [0.25, 0.3) is 0 Å². The van der Waals surface area contributed by atoms with Crippen LogP contribution in [0, 0.1) is 0 Å². The Morgan fingerprint density at radius 2 is 1.55 bits per heavy atom. The SMILES string of the molecule is CS(=O)(=O)[N+](Cc1cccc(Cl)c1Cl)(c1ccccc1)c1ccc(C(=O)NCc2ccc(C(F)(F)F)nc2)cc1. The lowest BCUT2D eigenvalue weighted by Gasteiger charge is -2.35. The molecule has 0 spiro atoms. The van der Waals surface area contributed by atoms with Crippen LogP contribution in [0.2, 0.25) is 10.0 Å². The van der Waals surface area contributed by atoms with Crippen LogP contribution in [0.3, 0.4) is 0 Å². The number of para-hydroxylation sites is 1. The third-order valence-electron chi connectivity index (χ3n) is 6.28. The first-order valence-electron chi connectivity index (χ1n) is 11.8. The highest BCUT2D eigenvalue weighted by molar-refractivity contribution is 7.90. The molecule has 208 valence electrons. The summed E-state index contributed by atoms with van der Waals surface area (Å²) in [7, 11) is -3.91. The van der Waals surface area contributed by atoms with Gasteiger partial charge in [0.25, 0.3) is 5.91 Å². The van der Waals surface area contributed by atoms with E-state index in [0.29, 0.717) is 22.5 Å². The smallest absolute Gasteiger partial charge is 0.348 e. The minimum Gasteiger partial charge on any atom is -0.348 e. The zero-order chi connectivity index (χ0) is 29.1. The molecule has 0 radical (unpaired) electrons. The van der Waals surface area contributed by atoms with Crippen LogP contribution < -0.4 is 9.21 Å². The third-order valence-corrected chi connectivity index (χ3v) is 8.82. The maximum absolute atomic E-state index is 13.6. The molecule has 1 N–H and O–H groups in total. The zero-order valence-corrected chi connectivity index (χ0v) is 23.3. The van der Waals surface area contributed by atoms with Crippen LogP contribution in [0.1, 0.15) is 27.2 Å². The van der Waals surface area contributed by atoms with Gasteiger partial charge in [-0.1, -0.05) is 59.6 Å². The quantitative estimate of drug-likeness (QED) is 0.216. The van der Waals surface area contributed by atoms with Gasteiger partial charge in [-0.25, -0.2) is 0 Å². The summed E-state index contributed by atoms with van der Waals surface area (Å²) in [5.41, 5.74) is 0.900.